The van der Waals surface area contributed by atoms with E-state index in [1.807, 2.05) is 13.8 Å². The van der Waals surface area contributed by atoms with Crippen molar-refractivity contribution in [3.8, 4) is 17.2 Å². The molecule has 0 saturated carbocycles. The maximum Gasteiger partial charge on any atom is 0.263 e. The Morgan fingerprint density at radius 2 is 2.00 bits per heavy atom. The molecule has 2 aromatic rings. The van der Waals surface area contributed by atoms with Crippen LogP contribution in [0.2, 0.25) is 0 Å². The standard InChI is InChI=1S/C23H27N3O7S/c1-3-14(2)21(25-22-17-6-4-5-7-20(17)34(29,30)26-22)23(28)24-11-15(27)12-31-16-8-9-18-19(10-16)33-13-32-18/h4-10,14-15,21,27H,3,11-13H2,1-2H3,(H,24,28)(H,25,26)/t14-,15?,21-/m0/s1. The van der Waals surface area contributed by atoms with Gasteiger partial charge in [-0.15, -0.1) is 0 Å². The number of amides is 1. The molecule has 2 heterocycles. The lowest BCUT2D eigenvalue weighted by molar-refractivity contribution is -0.123. The van der Waals surface area contributed by atoms with Crippen molar-refractivity contribution >= 4 is 21.8 Å². The summed E-state index contributed by atoms with van der Waals surface area (Å²) in [5, 5.41) is 13.0. The largest absolute Gasteiger partial charge is 0.491 e. The topological polar surface area (TPSA) is 136 Å². The molecule has 34 heavy (non-hydrogen) atoms. The van der Waals surface area contributed by atoms with Crippen LogP contribution in [0.5, 0.6) is 17.2 Å². The minimum absolute atomic E-state index is 0.0460. The highest BCUT2D eigenvalue weighted by Crippen LogP contribution is 2.35. The second-order valence-corrected chi connectivity index (χ2v) is 9.79. The summed E-state index contributed by atoms with van der Waals surface area (Å²) in [6, 6.07) is 10.7. The molecule has 3 atom stereocenters. The van der Waals surface area contributed by atoms with Gasteiger partial charge in [-0.2, -0.15) is 0 Å². The van der Waals surface area contributed by atoms with Gasteiger partial charge < -0.3 is 24.6 Å². The molecule has 4 rings (SSSR count). The zero-order valence-corrected chi connectivity index (χ0v) is 19.7. The maximum atomic E-state index is 12.9. The maximum absolute atomic E-state index is 12.9. The number of nitrogens with zero attached hydrogens (tertiary/aromatic N) is 1. The van der Waals surface area contributed by atoms with Crippen LogP contribution in [0, 0.1) is 5.92 Å². The summed E-state index contributed by atoms with van der Waals surface area (Å²) in [4.78, 5) is 17.5. The number of hydrogen-bond donors (Lipinski definition) is 3. The monoisotopic (exact) mass is 489 g/mol. The third-order valence-electron chi connectivity index (χ3n) is 5.68. The van der Waals surface area contributed by atoms with Gasteiger partial charge in [0, 0.05) is 18.2 Å². The summed E-state index contributed by atoms with van der Waals surface area (Å²) in [5.74, 6) is 1.28. The number of sulfonamides is 1. The lowest BCUT2D eigenvalue weighted by Crippen LogP contribution is -2.43. The van der Waals surface area contributed by atoms with Gasteiger partial charge in [0.2, 0.25) is 12.7 Å². The Bertz CT molecular complexity index is 1200. The SMILES string of the molecule is CC[C@H](C)[C@H](N=C1NS(=O)(=O)c2ccccc21)C(=O)NCC(O)COc1ccc2c(c1)OCO2. The van der Waals surface area contributed by atoms with E-state index in [0.29, 0.717) is 29.2 Å². The van der Waals surface area contributed by atoms with Gasteiger partial charge in [-0.3, -0.25) is 14.5 Å². The lowest BCUT2D eigenvalue weighted by atomic mass is 9.98. The van der Waals surface area contributed by atoms with Crippen molar-refractivity contribution in [2.24, 2.45) is 10.9 Å². The van der Waals surface area contributed by atoms with Crippen molar-refractivity contribution in [2.75, 3.05) is 19.9 Å². The molecule has 0 aromatic heterocycles. The van der Waals surface area contributed by atoms with Gasteiger partial charge in [0.15, 0.2) is 11.5 Å². The minimum Gasteiger partial charge on any atom is -0.491 e. The van der Waals surface area contributed by atoms with Crippen molar-refractivity contribution in [1.29, 1.82) is 0 Å². The summed E-state index contributed by atoms with van der Waals surface area (Å²) in [5.41, 5.74) is 0.431. The normalized spacial score (nSPS) is 19.1. The lowest BCUT2D eigenvalue weighted by Gasteiger charge is -2.20. The van der Waals surface area contributed by atoms with E-state index in [9.17, 15) is 18.3 Å². The van der Waals surface area contributed by atoms with Crippen LogP contribution in [0.1, 0.15) is 25.8 Å². The highest BCUT2D eigenvalue weighted by Gasteiger charge is 2.33. The average Bonchev–Trinajstić information content (AvgIpc) is 3.40. The molecule has 1 unspecified atom stereocenters. The van der Waals surface area contributed by atoms with Gasteiger partial charge in [-0.05, 0) is 30.2 Å². The molecule has 0 radical (unpaired) electrons. The molecule has 1 amide bonds. The van der Waals surface area contributed by atoms with Crippen molar-refractivity contribution in [2.45, 2.75) is 37.3 Å². The smallest absolute Gasteiger partial charge is 0.263 e. The zero-order valence-electron chi connectivity index (χ0n) is 18.9. The van der Waals surface area contributed by atoms with Crippen LogP contribution in [0.4, 0.5) is 0 Å². The molecule has 0 aliphatic carbocycles. The predicted molar refractivity (Wildman–Crippen MR) is 124 cm³/mol. The van der Waals surface area contributed by atoms with E-state index in [-0.39, 0.29) is 36.6 Å². The first-order valence-corrected chi connectivity index (χ1v) is 12.4. The van der Waals surface area contributed by atoms with E-state index in [2.05, 4.69) is 15.0 Å². The van der Waals surface area contributed by atoms with Gasteiger partial charge in [0.25, 0.3) is 10.0 Å². The van der Waals surface area contributed by atoms with Crippen molar-refractivity contribution in [1.82, 2.24) is 10.0 Å². The summed E-state index contributed by atoms with van der Waals surface area (Å²) < 4.78 is 43.3. The number of carbonyl (C=O) groups excluding carboxylic acids is 1. The molecule has 0 spiro atoms. The van der Waals surface area contributed by atoms with Crippen LogP contribution in [-0.2, 0) is 14.8 Å². The van der Waals surface area contributed by atoms with Gasteiger partial charge in [0.1, 0.15) is 30.3 Å². The van der Waals surface area contributed by atoms with Crippen molar-refractivity contribution in [3.63, 3.8) is 0 Å². The number of nitrogens with one attached hydrogen (secondary N) is 2. The number of fused-ring (bicyclic) bond motifs is 2. The number of aliphatic hydroxyl groups is 1. The van der Waals surface area contributed by atoms with Crippen LogP contribution < -0.4 is 24.2 Å². The van der Waals surface area contributed by atoms with E-state index in [1.54, 1.807) is 36.4 Å². The Hall–Kier alpha value is -3.31. The Morgan fingerprint density at radius 3 is 2.79 bits per heavy atom. The van der Waals surface area contributed by atoms with E-state index in [0.717, 1.165) is 0 Å². The Kier molecular flexibility index (Phi) is 6.94. The average molecular weight is 490 g/mol. The van der Waals surface area contributed by atoms with Crippen LogP contribution in [0.25, 0.3) is 0 Å². The van der Waals surface area contributed by atoms with Crippen LogP contribution >= 0.6 is 0 Å². The minimum atomic E-state index is -3.71. The van der Waals surface area contributed by atoms with Crippen molar-refractivity contribution in [3.05, 3.63) is 48.0 Å². The molecular weight excluding hydrogens is 462 g/mol. The first-order chi connectivity index (χ1) is 16.3. The molecule has 182 valence electrons. The van der Waals surface area contributed by atoms with E-state index in [1.165, 1.54) is 6.07 Å². The second-order valence-electron chi connectivity index (χ2n) is 8.13. The Labute approximate surface area is 198 Å². The fourth-order valence-corrected chi connectivity index (χ4v) is 4.82. The van der Waals surface area contributed by atoms with Crippen LogP contribution in [0.15, 0.2) is 52.4 Å². The number of hydrogen-bond acceptors (Lipinski definition) is 8. The van der Waals surface area contributed by atoms with E-state index >= 15 is 0 Å². The number of carbonyl (C=O) groups is 1. The van der Waals surface area contributed by atoms with Crippen LogP contribution in [0.3, 0.4) is 0 Å². The van der Waals surface area contributed by atoms with E-state index in [4.69, 9.17) is 14.2 Å². The van der Waals surface area contributed by atoms with Gasteiger partial charge in [0.05, 0.1) is 4.90 Å². The fourth-order valence-electron chi connectivity index (χ4n) is 3.58. The Morgan fingerprint density at radius 1 is 1.24 bits per heavy atom. The summed E-state index contributed by atoms with van der Waals surface area (Å²) in [6.07, 6.45) is -0.315. The van der Waals surface area contributed by atoms with Gasteiger partial charge in [-0.25, -0.2) is 8.42 Å². The number of benzene rings is 2. The molecule has 0 fully saturated rings. The molecule has 3 N–H and O–H groups in total. The van der Waals surface area contributed by atoms with Gasteiger partial charge in [-0.1, -0.05) is 32.4 Å². The fraction of sp³-hybridized carbons (Fsp3) is 0.391. The predicted octanol–water partition coefficient (Wildman–Crippen LogP) is 1.42. The first kappa shape index (κ1) is 23.8. The quantitative estimate of drug-likeness (QED) is 0.485. The Balaban J connectivity index is 1.38. The summed E-state index contributed by atoms with van der Waals surface area (Å²) in [6.45, 7) is 3.84. The highest BCUT2D eigenvalue weighted by atomic mass is 32.2. The molecule has 0 bridgehead atoms. The van der Waals surface area contributed by atoms with E-state index < -0.39 is 28.1 Å². The third-order valence-corrected chi connectivity index (χ3v) is 7.08. The number of rotatable bonds is 9. The summed E-state index contributed by atoms with van der Waals surface area (Å²) >= 11 is 0. The van der Waals surface area contributed by atoms with Crippen molar-refractivity contribution < 1.29 is 32.5 Å². The molecule has 10 nitrogen and oxygen atoms in total. The third kappa shape index (κ3) is 5.10. The molecule has 2 aromatic carbocycles. The molecule has 2 aliphatic rings. The summed E-state index contributed by atoms with van der Waals surface area (Å²) in [7, 11) is -3.71. The molecule has 11 heteroatoms. The number of amidine groups is 1. The van der Waals surface area contributed by atoms with Crippen LogP contribution in [-0.4, -0.2) is 57.4 Å². The van der Waals surface area contributed by atoms with Gasteiger partial charge >= 0.3 is 0 Å². The molecule has 0 saturated heterocycles. The number of aliphatic hydroxyl groups excluding tert-OH is 1. The highest BCUT2D eigenvalue weighted by molar-refractivity contribution is 7.90. The number of ether oxygens (including phenoxy) is 3. The first-order valence-electron chi connectivity index (χ1n) is 11.0. The number of aliphatic imine (C=N–C) groups is 1. The second kappa shape index (κ2) is 9.90. The zero-order chi connectivity index (χ0) is 24.3. The molecule has 2 aliphatic heterocycles. The molecular formula is C23H27N3O7S.